The van der Waals surface area contributed by atoms with Crippen molar-refractivity contribution in [2.24, 2.45) is 0 Å². The highest BCUT2D eigenvalue weighted by atomic mass is 16.3. The molecule has 0 fully saturated rings. The smallest absolute Gasteiger partial charge is 0.0794 e. The van der Waals surface area contributed by atoms with Crippen LogP contribution in [0.1, 0.15) is 39.5 Å². The third-order valence-electron chi connectivity index (χ3n) is 1.75. The first-order valence-electron chi connectivity index (χ1n) is 4.99. The van der Waals surface area contributed by atoms with Gasteiger partial charge in [-0.3, -0.25) is 0 Å². The molecule has 0 amide bonds. The summed E-state index contributed by atoms with van der Waals surface area (Å²) >= 11 is 0. The zero-order valence-electron chi connectivity index (χ0n) is 8.53. The molecule has 0 saturated heterocycles. The first-order valence-corrected chi connectivity index (χ1v) is 4.99. The van der Waals surface area contributed by atoms with Gasteiger partial charge in [0.25, 0.3) is 0 Å². The van der Waals surface area contributed by atoms with E-state index in [0.717, 1.165) is 25.7 Å². The largest absolute Gasteiger partial charge is 0.388 e. The lowest BCUT2D eigenvalue weighted by atomic mass is 10.2. The minimum Gasteiger partial charge on any atom is -0.388 e. The van der Waals surface area contributed by atoms with E-state index in [2.05, 4.69) is 5.73 Å². The molecule has 0 rings (SSSR count). The summed E-state index contributed by atoms with van der Waals surface area (Å²) in [6, 6.07) is 0. The monoisotopic (exact) mass is 184 g/mol. The van der Waals surface area contributed by atoms with Crippen molar-refractivity contribution in [1.82, 2.24) is 0 Å². The third-order valence-corrected chi connectivity index (χ3v) is 1.75. The summed E-state index contributed by atoms with van der Waals surface area (Å²) in [5.41, 5.74) is 2.80. The molecule has 13 heavy (non-hydrogen) atoms. The van der Waals surface area contributed by atoms with Gasteiger partial charge in [0.2, 0.25) is 0 Å². The van der Waals surface area contributed by atoms with E-state index in [4.69, 9.17) is 0 Å². The van der Waals surface area contributed by atoms with Gasteiger partial charge in [-0.25, -0.2) is 0 Å². The summed E-state index contributed by atoms with van der Waals surface area (Å²) < 4.78 is 0. The Kier molecular flexibility index (Phi) is 7.71. The van der Waals surface area contributed by atoms with Crippen molar-refractivity contribution in [3.63, 3.8) is 0 Å². The van der Waals surface area contributed by atoms with Gasteiger partial charge >= 0.3 is 0 Å². The van der Waals surface area contributed by atoms with Gasteiger partial charge in [-0.05, 0) is 25.0 Å². The maximum Gasteiger partial charge on any atom is 0.0794 e. The van der Waals surface area contributed by atoms with E-state index in [1.165, 1.54) is 0 Å². The molecule has 0 aromatic carbocycles. The molecular weight excluding hydrogens is 164 g/mol. The topological polar surface area (TPSA) is 40.5 Å². The van der Waals surface area contributed by atoms with E-state index in [0.29, 0.717) is 0 Å². The van der Waals surface area contributed by atoms with Crippen LogP contribution in [-0.2, 0) is 0 Å². The maximum absolute atomic E-state index is 9.27. The fourth-order valence-corrected chi connectivity index (χ4v) is 1.04. The Hall–Kier alpha value is -0.560. The SMILES string of the molecule is CCC[C@H](O)C=C=C[C@H](O)CCC. The van der Waals surface area contributed by atoms with Crippen molar-refractivity contribution in [1.29, 1.82) is 0 Å². The van der Waals surface area contributed by atoms with E-state index in [1.807, 2.05) is 13.8 Å². The molecule has 0 aromatic heterocycles. The molecule has 76 valence electrons. The molecule has 0 saturated carbocycles. The summed E-state index contributed by atoms with van der Waals surface area (Å²) in [6.07, 6.45) is 5.78. The van der Waals surface area contributed by atoms with Crippen molar-refractivity contribution in [2.45, 2.75) is 51.7 Å². The van der Waals surface area contributed by atoms with E-state index in [1.54, 1.807) is 12.2 Å². The molecule has 0 aromatic rings. The van der Waals surface area contributed by atoms with Crippen molar-refractivity contribution >= 4 is 0 Å². The molecule has 0 radical (unpaired) electrons. The second-order valence-electron chi connectivity index (χ2n) is 3.21. The Morgan fingerprint density at radius 2 is 1.38 bits per heavy atom. The van der Waals surface area contributed by atoms with Gasteiger partial charge in [0.05, 0.1) is 12.2 Å². The number of aliphatic hydroxyl groups excluding tert-OH is 2. The lowest BCUT2D eigenvalue weighted by molar-refractivity contribution is 0.208. The van der Waals surface area contributed by atoms with Gasteiger partial charge in [-0.15, -0.1) is 5.73 Å². The van der Waals surface area contributed by atoms with Gasteiger partial charge in [0.15, 0.2) is 0 Å². The fraction of sp³-hybridized carbons (Fsp3) is 0.727. The zero-order valence-corrected chi connectivity index (χ0v) is 8.53. The molecule has 0 heterocycles. The molecule has 0 spiro atoms. The van der Waals surface area contributed by atoms with E-state index in [9.17, 15) is 10.2 Å². The molecule has 2 nitrogen and oxygen atoms in total. The average molecular weight is 184 g/mol. The number of hydrogen-bond acceptors (Lipinski definition) is 2. The van der Waals surface area contributed by atoms with Crippen molar-refractivity contribution in [3.05, 3.63) is 17.9 Å². The summed E-state index contributed by atoms with van der Waals surface area (Å²) in [7, 11) is 0. The van der Waals surface area contributed by atoms with Gasteiger partial charge in [-0.1, -0.05) is 26.7 Å². The number of rotatable bonds is 6. The quantitative estimate of drug-likeness (QED) is 0.620. The Bertz CT molecular complexity index is 153. The van der Waals surface area contributed by atoms with E-state index < -0.39 is 12.2 Å². The number of hydrogen-bond donors (Lipinski definition) is 2. The van der Waals surface area contributed by atoms with Crippen LogP contribution in [0.2, 0.25) is 0 Å². The molecule has 2 atom stereocenters. The lowest BCUT2D eigenvalue weighted by Gasteiger charge is -2.00. The Balaban J connectivity index is 3.79. The van der Waals surface area contributed by atoms with Crippen LogP contribution in [0.15, 0.2) is 17.9 Å². The average Bonchev–Trinajstić information content (AvgIpc) is 2.05. The summed E-state index contributed by atoms with van der Waals surface area (Å²) in [5.74, 6) is 0. The van der Waals surface area contributed by atoms with Crippen molar-refractivity contribution in [3.8, 4) is 0 Å². The fourth-order valence-electron chi connectivity index (χ4n) is 1.04. The summed E-state index contributed by atoms with van der Waals surface area (Å²) in [4.78, 5) is 0. The Morgan fingerprint density at radius 3 is 1.69 bits per heavy atom. The van der Waals surface area contributed by atoms with Gasteiger partial charge in [-0.2, -0.15) is 0 Å². The maximum atomic E-state index is 9.27. The normalized spacial score (nSPS) is 14.5. The zero-order chi connectivity index (χ0) is 10.1. The molecular formula is C11H20O2. The molecule has 2 heteroatoms. The highest BCUT2D eigenvalue weighted by Gasteiger charge is 1.96. The van der Waals surface area contributed by atoms with Crippen LogP contribution in [0.5, 0.6) is 0 Å². The van der Waals surface area contributed by atoms with Crippen LogP contribution in [0, 0.1) is 0 Å². The van der Waals surface area contributed by atoms with Gasteiger partial charge < -0.3 is 10.2 Å². The first-order chi connectivity index (χ1) is 6.20. The van der Waals surface area contributed by atoms with Crippen molar-refractivity contribution < 1.29 is 10.2 Å². The molecule has 0 aliphatic carbocycles. The highest BCUT2D eigenvalue weighted by Crippen LogP contribution is 1.98. The molecule has 0 aliphatic heterocycles. The molecule has 0 unspecified atom stereocenters. The van der Waals surface area contributed by atoms with E-state index >= 15 is 0 Å². The van der Waals surface area contributed by atoms with Crippen LogP contribution < -0.4 is 0 Å². The van der Waals surface area contributed by atoms with Crippen LogP contribution in [0.25, 0.3) is 0 Å². The van der Waals surface area contributed by atoms with Crippen LogP contribution >= 0.6 is 0 Å². The molecule has 0 aliphatic rings. The number of aliphatic hydroxyl groups is 2. The minimum atomic E-state index is -0.421. The first kappa shape index (κ1) is 12.4. The second kappa shape index (κ2) is 8.06. The highest BCUT2D eigenvalue weighted by molar-refractivity contribution is 4.93. The Labute approximate surface area is 80.6 Å². The molecule has 0 bridgehead atoms. The summed E-state index contributed by atoms with van der Waals surface area (Å²) in [6.45, 7) is 4.04. The van der Waals surface area contributed by atoms with Crippen molar-refractivity contribution in [2.75, 3.05) is 0 Å². The summed E-state index contributed by atoms with van der Waals surface area (Å²) in [5, 5.41) is 18.5. The third kappa shape index (κ3) is 7.79. The predicted octanol–water partition coefficient (Wildman–Crippen LogP) is 2.02. The standard InChI is InChI=1S/C11H20O2/c1-3-6-10(12)8-5-9-11(13)7-4-2/h8-13H,3-4,6-7H2,1-2H3/t5?,10-,11+. The van der Waals surface area contributed by atoms with E-state index in [-0.39, 0.29) is 0 Å². The Morgan fingerprint density at radius 1 is 1.00 bits per heavy atom. The van der Waals surface area contributed by atoms with Crippen LogP contribution in [0.3, 0.4) is 0 Å². The second-order valence-corrected chi connectivity index (χ2v) is 3.21. The lowest BCUT2D eigenvalue weighted by Crippen LogP contribution is -2.01. The van der Waals surface area contributed by atoms with Gasteiger partial charge in [0.1, 0.15) is 0 Å². The van der Waals surface area contributed by atoms with Crippen LogP contribution in [0.4, 0.5) is 0 Å². The predicted molar refractivity (Wildman–Crippen MR) is 54.5 cm³/mol. The minimum absolute atomic E-state index is 0.421. The van der Waals surface area contributed by atoms with Crippen LogP contribution in [-0.4, -0.2) is 22.4 Å². The molecule has 2 N–H and O–H groups in total. The van der Waals surface area contributed by atoms with Gasteiger partial charge in [0, 0.05) is 0 Å².